The molecule has 1 N–H and O–H groups in total. The van der Waals surface area contributed by atoms with Crippen molar-refractivity contribution >= 4 is 22.6 Å². The van der Waals surface area contributed by atoms with Gasteiger partial charge in [-0.2, -0.15) is 15.1 Å². The number of benzene rings is 1. The molecule has 2 heterocycles. The zero-order valence-corrected chi connectivity index (χ0v) is 10.6. The SMILES string of the molecule is Cc1ccc(Oc2nc(Cl)nc3[nH]ncc23)cc1F. The number of aromatic nitrogens is 4. The number of rotatable bonds is 2. The smallest absolute Gasteiger partial charge is 0.234 e. The highest BCUT2D eigenvalue weighted by molar-refractivity contribution is 6.28. The molecule has 0 atom stereocenters. The Hall–Kier alpha value is -2.21. The summed E-state index contributed by atoms with van der Waals surface area (Å²) in [5, 5.41) is 7.11. The maximum atomic E-state index is 13.5. The number of nitrogens with zero attached hydrogens (tertiary/aromatic N) is 3. The first-order valence-electron chi connectivity index (χ1n) is 5.44. The van der Waals surface area contributed by atoms with Crippen molar-refractivity contribution in [2.75, 3.05) is 0 Å². The molecule has 19 heavy (non-hydrogen) atoms. The molecular weight excluding hydrogens is 271 g/mol. The van der Waals surface area contributed by atoms with E-state index in [1.165, 1.54) is 12.3 Å². The van der Waals surface area contributed by atoms with Gasteiger partial charge in [0.25, 0.3) is 0 Å². The molecule has 0 aliphatic carbocycles. The first kappa shape index (κ1) is 11.9. The normalized spacial score (nSPS) is 10.9. The quantitative estimate of drug-likeness (QED) is 0.731. The number of fused-ring (bicyclic) bond motifs is 1. The molecule has 1 aromatic carbocycles. The number of nitrogens with one attached hydrogen (secondary N) is 1. The molecule has 2 aromatic heterocycles. The van der Waals surface area contributed by atoms with Gasteiger partial charge in [0.1, 0.15) is 17.0 Å². The van der Waals surface area contributed by atoms with Crippen LogP contribution in [0.3, 0.4) is 0 Å². The lowest BCUT2D eigenvalue weighted by molar-refractivity contribution is 0.462. The molecule has 0 amide bonds. The van der Waals surface area contributed by atoms with E-state index in [4.69, 9.17) is 16.3 Å². The van der Waals surface area contributed by atoms with E-state index >= 15 is 0 Å². The second-order valence-electron chi connectivity index (χ2n) is 3.94. The molecule has 0 spiro atoms. The van der Waals surface area contributed by atoms with Gasteiger partial charge in [-0.25, -0.2) is 4.39 Å². The molecule has 7 heteroatoms. The molecule has 0 bridgehead atoms. The number of aryl methyl sites for hydroxylation is 1. The summed E-state index contributed by atoms with van der Waals surface area (Å²) in [6, 6.07) is 4.57. The highest BCUT2D eigenvalue weighted by Crippen LogP contribution is 2.28. The summed E-state index contributed by atoms with van der Waals surface area (Å²) < 4.78 is 19.0. The average Bonchev–Trinajstić information content (AvgIpc) is 2.82. The van der Waals surface area contributed by atoms with Crippen LogP contribution in [0.1, 0.15) is 5.56 Å². The predicted molar refractivity (Wildman–Crippen MR) is 67.9 cm³/mol. The Labute approximate surface area is 112 Å². The van der Waals surface area contributed by atoms with E-state index in [0.717, 1.165) is 0 Å². The van der Waals surface area contributed by atoms with Crippen molar-refractivity contribution in [3.63, 3.8) is 0 Å². The molecule has 0 saturated heterocycles. The first-order valence-corrected chi connectivity index (χ1v) is 5.82. The van der Waals surface area contributed by atoms with Crippen LogP contribution in [0.15, 0.2) is 24.4 Å². The van der Waals surface area contributed by atoms with E-state index in [1.54, 1.807) is 19.1 Å². The van der Waals surface area contributed by atoms with E-state index in [9.17, 15) is 4.39 Å². The van der Waals surface area contributed by atoms with Gasteiger partial charge in [0.2, 0.25) is 11.2 Å². The van der Waals surface area contributed by atoms with Crippen molar-refractivity contribution in [1.82, 2.24) is 20.2 Å². The van der Waals surface area contributed by atoms with Gasteiger partial charge in [-0.3, -0.25) is 5.10 Å². The third-order valence-electron chi connectivity index (χ3n) is 2.61. The standard InChI is InChI=1S/C12H8ClFN4O/c1-6-2-3-7(4-9(6)14)19-11-8-5-15-18-10(8)16-12(13)17-11/h2-5H,1H3,(H,15,16,17,18). The van der Waals surface area contributed by atoms with Gasteiger partial charge in [0.15, 0.2) is 5.65 Å². The number of hydrogen-bond acceptors (Lipinski definition) is 4. The third-order valence-corrected chi connectivity index (χ3v) is 2.77. The zero-order chi connectivity index (χ0) is 13.4. The predicted octanol–water partition coefficient (Wildman–Crippen LogP) is 3.25. The minimum atomic E-state index is -0.346. The van der Waals surface area contributed by atoms with Gasteiger partial charge in [0.05, 0.1) is 6.20 Å². The molecule has 0 saturated carbocycles. The van der Waals surface area contributed by atoms with Crippen LogP contribution in [-0.4, -0.2) is 20.2 Å². The monoisotopic (exact) mass is 278 g/mol. The van der Waals surface area contributed by atoms with Gasteiger partial charge in [-0.1, -0.05) is 6.07 Å². The number of hydrogen-bond donors (Lipinski definition) is 1. The Balaban J connectivity index is 2.04. The van der Waals surface area contributed by atoms with Crippen LogP contribution in [0.2, 0.25) is 5.28 Å². The van der Waals surface area contributed by atoms with Gasteiger partial charge in [0, 0.05) is 6.07 Å². The van der Waals surface area contributed by atoms with E-state index in [0.29, 0.717) is 22.3 Å². The van der Waals surface area contributed by atoms with Gasteiger partial charge < -0.3 is 4.74 Å². The summed E-state index contributed by atoms with van der Waals surface area (Å²) in [7, 11) is 0. The van der Waals surface area contributed by atoms with Crippen LogP contribution >= 0.6 is 11.6 Å². The van der Waals surface area contributed by atoms with Gasteiger partial charge in [-0.15, -0.1) is 0 Å². The second-order valence-corrected chi connectivity index (χ2v) is 4.28. The van der Waals surface area contributed by atoms with Crippen molar-refractivity contribution < 1.29 is 9.13 Å². The number of ether oxygens (including phenoxy) is 1. The van der Waals surface area contributed by atoms with Gasteiger partial charge >= 0.3 is 0 Å². The number of H-pyrrole nitrogens is 1. The van der Waals surface area contributed by atoms with E-state index < -0.39 is 0 Å². The molecular formula is C12H8ClFN4O. The van der Waals surface area contributed by atoms with Crippen molar-refractivity contribution in [1.29, 1.82) is 0 Å². The topological polar surface area (TPSA) is 63.7 Å². The third kappa shape index (κ3) is 2.22. The zero-order valence-electron chi connectivity index (χ0n) is 9.82. The first-order chi connectivity index (χ1) is 9.13. The van der Waals surface area contributed by atoms with Crippen LogP contribution < -0.4 is 4.74 Å². The molecule has 0 aliphatic rings. The Morgan fingerprint density at radius 3 is 2.95 bits per heavy atom. The molecule has 0 fully saturated rings. The number of halogens is 2. The summed E-state index contributed by atoms with van der Waals surface area (Å²) in [6.45, 7) is 1.68. The fraction of sp³-hybridized carbons (Fsp3) is 0.0833. The van der Waals surface area contributed by atoms with Crippen LogP contribution in [0.5, 0.6) is 11.6 Å². The Bertz CT molecular complexity index is 759. The summed E-state index contributed by atoms with van der Waals surface area (Å²) in [5.41, 5.74) is 1.00. The van der Waals surface area contributed by atoms with Crippen LogP contribution in [0, 0.1) is 12.7 Å². The minimum Gasteiger partial charge on any atom is -0.438 e. The van der Waals surface area contributed by atoms with Crippen molar-refractivity contribution in [2.45, 2.75) is 6.92 Å². The lowest BCUT2D eigenvalue weighted by Gasteiger charge is -2.06. The number of aromatic amines is 1. The van der Waals surface area contributed by atoms with Crippen molar-refractivity contribution in [2.24, 2.45) is 0 Å². The Kier molecular flexibility index (Phi) is 2.79. The molecule has 5 nitrogen and oxygen atoms in total. The lowest BCUT2D eigenvalue weighted by Crippen LogP contribution is -1.93. The Morgan fingerprint density at radius 1 is 1.32 bits per heavy atom. The fourth-order valence-electron chi connectivity index (χ4n) is 1.61. The van der Waals surface area contributed by atoms with Gasteiger partial charge in [-0.05, 0) is 30.2 Å². The highest BCUT2D eigenvalue weighted by atomic mass is 35.5. The maximum absolute atomic E-state index is 13.5. The van der Waals surface area contributed by atoms with E-state index in [-0.39, 0.29) is 17.0 Å². The lowest BCUT2D eigenvalue weighted by atomic mass is 10.2. The molecule has 96 valence electrons. The molecule has 0 unspecified atom stereocenters. The fourth-order valence-corrected chi connectivity index (χ4v) is 1.77. The molecule has 3 rings (SSSR count). The minimum absolute atomic E-state index is 0.0272. The summed E-state index contributed by atoms with van der Waals surface area (Å²) in [5.74, 6) is 0.216. The maximum Gasteiger partial charge on any atom is 0.234 e. The van der Waals surface area contributed by atoms with Crippen LogP contribution in [0.4, 0.5) is 4.39 Å². The largest absolute Gasteiger partial charge is 0.438 e. The Morgan fingerprint density at radius 2 is 2.16 bits per heavy atom. The highest BCUT2D eigenvalue weighted by Gasteiger charge is 2.11. The summed E-state index contributed by atoms with van der Waals surface area (Å²) in [4.78, 5) is 7.92. The van der Waals surface area contributed by atoms with Crippen molar-refractivity contribution in [3.05, 3.63) is 41.1 Å². The van der Waals surface area contributed by atoms with Crippen LogP contribution in [-0.2, 0) is 0 Å². The summed E-state index contributed by atoms with van der Waals surface area (Å²) in [6.07, 6.45) is 1.52. The molecule has 0 aliphatic heterocycles. The molecule has 0 radical (unpaired) electrons. The molecule has 3 aromatic rings. The van der Waals surface area contributed by atoms with Crippen LogP contribution in [0.25, 0.3) is 11.0 Å². The average molecular weight is 279 g/mol. The van der Waals surface area contributed by atoms with E-state index in [1.807, 2.05) is 0 Å². The van der Waals surface area contributed by atoms with E-state index in [2.05, 4.69) is 20.2 Å². The second kappa shape index (κ2) is 4.47. The summed E-state index contributed by atoms with van der Waals surface area (Å²) >= 11 is 5.78. The van der Waals surface area contributed by atoms with Crippen molar-refractivity contribution in [3.8, 4) is 11.6 Å².